The number of ketones is 1. The number of rotatable bonds is 6. The molecule has 2 aromatic carbocycles. The Bertz CT molecular complexity index is 986. The maximum Gasteiger partial charge on any atom is 0.253 e. The number of benzene rings is 2. The average molecular weight is 439 g/mol. The highest BCUT2D eigenvalue weighted by Crippen LogP contribution is 2.38. The molecule has 0 atom stereocenters. The van der Waals surface area contributed by atoms with Crippen LogP contribution in [0.25, 0.3) is 0 Å². The number of carbonyl (C=O) groups excluding carboxylic acids is 2. The first-order valence-electron chi connectivity index (χ1n) is 11.0. The van der Waals surface area contributed by atoms with Crippen LogP contribution in [0.4, 0.5) is 0 Å². The Balaban J connectivity index is 1.39. The number of amides is 1. The van der Waals surface area contributed by atoms with Crippen LogP contribution in [-0.2, 0) is 13.0 Å². The third-order valence-electron chi connectivity index (χ3n) is 6.29. The third kappa shape index (κ3) is 4.43. The second-order valence-electron chi connectivity index (χ2n) is 8.25. The average Bonchev–Trinajstić information content (AvgIpc) is 2.83. The van der Waals surface area contributed by atoms with E-state index in [0.29, 0.717) is 42.3 Å². The number of Topliss-reactive ketones (excluding diaryl/α,β-unsaturated/α-hetero) is 1. The zero-order valence-corrected chi connectivity index (χ0v) is 19.0. The quantitative estimate of drug-likeness (QED) is 0.690. The summed E-state index contributed by atoms with van der Waals surface area (Å²) in [6, 6.07) is 9.47. The Hall–Kier alpha value is -3.06. The molecule has 0 radical (unpaired) electrons. The topological polar surface area (TPSA) is 68.3 Å². The van der Waals surface area contributed by atoms with Gasteiger partial charge >= 0.3 is 0 Å². The van der Waals surface area contributed by atoms with Crippen LogP contribution in [-0.4, -0.2) is 69.0 Å². The second-order valence-corrected chi connectivity index (χ2v) is 8.25. The maximum atomic E-state index is 13.0. The highest BCUT2D eigenvalue weighted by Gasteiger charge is 2.25. The smallest absolute Gasteiger partial charge is 0.253 e. The molecule has 1 saturated heterocycles. The predicted octanol–water partition coefficient (Wildman–Crippen LogP) is 3.19. The molecule has 7 nitrogen and oxygen atoms in total. The number of nitrogens with zero attached hydrogens (tertiary/aromatic N) is 2. The van der Waals surface area contributed by atoms with Gasteiger partial charge in [-0.25, -0.2) is 0 Å². The highest BCUT2D eigenvalue weighted by molar-refractivity contribution is 6.01. The van der Waals surface area contributed by atoms with E-state index in [1.807, 2.05) is 29.2 Å². The minimum absolute atomic E-state index is 0.0401. The van der Waals surface area contributed by atoms with Gasteiger partial charge < -0.3 is 19.1 Å². The van der Waals surface area contributed by atoms with E-state index in [0.717, 1.165) is 49.2 Å². The van der Waals surface area contributed by atoms with E-state index >= 15 is 0 Å². The van der Waals surface area contributed by atoms with E-state index in [-0.39, 0.29) is 11.7 Å². The second kappa shape index (κ2) is 9.61. The van der Waals surface area contributed by atoms with Crippen molar-refractivity contribution in [1.82, 2.24) is 9.80 Å². The Morgan fingerprint density at radius 3 is 2.22 bits per heavy atom. The Kier molecular flexibility index (Phi) is 6.65. The van der Waals surface area contributed by atoms with Crippen molar-refractivity contribution in [3.8, 4) is 17.2 Å². The van der Waals surface area contributed by atoms with E-state index in [1.165, 1.54) is 0 Å². The fourth-order valence-electron chi connectivity index (χ4n) is 4.56. The molecule has 7 heteroatoms. The van der Waals surface area contributed by atoms with Gasteiger partial charge in [0.2, 0.25) is 5.75 Å². The van der Waals surface area contributed by atoms with Gasteiger partial charge in [-0.15, -0.1) is 0 Å². The molecule has 4 rings (SSSR count). The van der Waals surface area contributed by atoms with Crippen molar-refractivity contribution in [1.29, 1.82) is 0 Å². The molecular weight excluding hydrogens is 408 g/mol. The normalized spacial score (nSPS) is 16.5. The molecule has 1 aliphatic heterocycles. The number of ether oxygens (including phenoxy) is 3. The summed E-state index contributed by atoms with van der Waals surface area (Å²) in [7, 11) is 4.82. The maximum absolute atomic E-state index is 13.0. The lowest BCUT2D eigenvalue weighted by molar-refractivity contribution is 0.0628. The summed E-state index contributed by atoms with van der Waals surface area (Å²) in [5, 5.41) is 0. The minimum Gasteiger partial charge on any atom is -0.493 e. The van der Waals surface area contributed by atoms with Crippen LogP contribution in [0.2, 0.25) is 0 Å². The first-order chi connectivity index (χ1) is 15.5. The summed E-state index contributed by atoms with van der Waals surface area (Å²) < 4.78 is 16.3. The summed E-state index contributed by atoms with van der Waals surface area (Å²) in [4.78, 5) is 29.3. The molecule has 0 saturated carbocycles. The van der Waals surface area contributed by atoms with Gasteiger partial charge in [0.15, 0.2) is 17.3 Å². The Labute approximate surface area is 188 Å². The van der Waals surface area contributed by atoms with Crippen molar-refractivity contribution in [3.63, 3.8) is 0 Å². The Morgan fingerprint density at radius 2 is 1.59 bits per heavy atom. The van der Waals surface area contributed by atoms with Gasteiger partial charge in [0.1, 0.15) is 0 Å². The first kappa shape index (κ1) is 22.1. The Morgan fingerprint density at radius 1 is 0.906 bits per heavy atom. The van der Waals surface area contributed by atoms with E-state index < -0.39 is 0 Å². The summed E-state index contributed by atoms with van der Waals surface area (Å²) in [5.74, 6) is 2.09. The van der Waals surface area contributed by atoms with Gasteiger partial charge in [-0.1, -0.05) is 6.07 Å². The molecule has 0 unspecified atom stereocenters. The molecule has 0 aromatic heterocycles. The number of piperazine rings is 1. The van der Waals surface area contributed by atoms with Gasteiger partial charge in [-0.2, -0.15) is 0 Å². The molecule has 0 N–H and O–H groups in total. The predicted molar refractivity (Wildman–Crippen MR) is 121 cm³/mol. The van der Waals surface area contributed by atoms with Gasteiger partial charge in [-0.05, 0) is 48.2 Å². The zero-order chi connectivity index (χ0) is 22.7. The third-order valence-corrected chi connectivity index (χ3v) is 6.29. The standard InChI is InChI=1S/C25H30N2O5/c1-30-22-13-17(14-23(31-2)24(22)32-3)16-26-9-11-27(12-10-26)25(29)19-7-8-20-18(15-19)5-4-6-21(20)28/h7-8,13-15H,4-6,9-12,16H2,1-3H3. The van der Waals surface area contributed by atoms with Crippen LogP contribution >= 0.6 is 0 Å². The van der Waals surface area contributed by atoms with Crippen molar-refractivity contribution < 1.29 is 23.8 Å². The molecule has 1 fully saturated rings. The fraction of sp³-hybridized carbons (Fsp3) is 0.440. The van der Waals surface area contributed by atoms with Gasteiger partial charge in [-0.3, -0.25) is 14.5 Å². The van der Waals surface area contributed by atoms with Crippen molar-refractivity contribution in [2.24, 2.45) is 0 Å². The van der Waals surface area contributed by atoms with Crippen molar-refractivity contribution >= 4 is 11.7 Å². The molecule has 0 spiro atoms. The van der Waals surface area contributed by atoms with Crippen molar-refractivity contribution in [2.75, 3.05) is 47.5 Å². The van der Waals surface area contributed by atoms with Crippen LogP contribution in [0.3, 0.4) is 0 Å². The molecule has 1 amide bonds. The monoisotopic (exact) mass is 438 g/mol. The highest BCUT2D eigenvalue weighted by atomic mass is 16.5. The molecule has 2 aromatic rings. The summed E-state index contributed by atoms with van der Waals surface area (Å²) in [6.45, 7) is 3.63. The molecular formula is C25H30N2O5. The van der Waals surface area contributed by atoms with Gasteiger partial charge in [0.05, 0.1) is 21.3 Å². The SMILES string of the molecule is COc1cc(CN2CCN(C(=O)c3ccc4c(c3)CCCC4=O)CC2)cc(OC)c1OC. The number of hydrogen-bond donors (Lipinski definition) is 0. The fourth-order valence-corrected chi connectivity index (χ4v) is 4.56. The summed E-state index contributed by atoms with van der Waals surface area (Å²) >= 11 is 0. The van der Waals surface area contributed by atoms with Gasteiger partial charge in [0.25, 0.3) is 5.91 Å². The lowest BCUT2D eigenvalue weighted by Crippen LogP contribution is -2.48. The van der Waals surface area contributed by atoms with Gasteiger partial charge in [0, 0.05) is 50.3 Å². The van der Waals surface area contributed by atoms with Crippen LogP contribution in [0.1, 0.15) is 44.7 Å². The van der Waals surface area contributed by atoms with E-state index in [2.05, 4.69) is 4.90 Å². The number of aryl methyl sites for hydroxylation is 1. The molecule has 0 bridgehead atoms. The number of methoxy groups -OCH3 is 3. The van der Waals surface area contributed by atoms with Crippen LogP contribution < -0.4 is 14.2 Å². The van der Waals surface area contributed by atoms with Crippen molar-refractivity contribution in [2.45, 2.75) is 25.8 Å². The minimum atomic E-state index is 0.0401. The lowest BCUT2D eigenvalue weighted by atomic mass is 9.89. The summed E-state index contributed by atoms with van der Waals surface area (Å²) in [5.41, 5.74) is 3.53. The number of carbonyl (C=O) groups is 2. The largest absolute Gasteiger partial charge is 0.493 e. The van der Waals surface area contributed by atoms with Crippen LogP contribution in [0.5, 0.6) is 17.2 Å². The molecule has 170 valence electrons. The molecule has 32 heavy (non-hydrogen) atoms. The zero-order valence-electron chi connectivity index (χ0n) is 19.0. The summed E-state index contributed by atoms with van der Waals surface area (Å²) in [6.07, 6.45) is 2.34. The first-order valence-corrected chi connectivity index (χ1v) is 11.0. The van der Waals surface area contributed by atoms with E-state index in [9.17, 15) is 9.59 Å². The van der Waals surface area contributed by atoms with E-state index in [1.54, 1.807) is 27.4 Å². The van der Waals surface area contributed by atoms with Crippen LogP contribution in [0.15, 0.2) is 30.3 Å². The van der Waals surface area contributed by atoms with Crippen molar-refractivity contribution in [3.05, 3.63) is 52.6 Å². The number of fused-ring (bicyclic) bond motifs is 1. The molecule has 1 heterocycles. The lowest BCUT2D eigenvalue weighted by Gasteiger charge is -2.35. The number of hydrogen-bond acceptors (Lipinski definition) is 6. The molecule has 2 aliphatic rings. The van der Waals surface area contributed by atoms with Crippen LogP contribution in [0, 0.1) is 0 Å². The molecule has 1 aliphatic carbocycles. The van der Waals surface area contributed by atoms with E-state index in [4.69, 9.17) is 14.2 Å².